The number of hydrogen-bond donors (Lipinski definition) is 0. The lowest BCUT2D eigenvalue weighted by atomic mass is 9.96. The zero-order valence-corrected chi connectivity index (χ0v) is 23.4. The third kappa shape index (κ3) is 5.40. The minimum Gasteiger partial charge on any atom is -0.493 e. The first kappa shape index (κ1) is 26.8. The summed E-state index contributed by atoms with van der Waals surface area (Å²) < 4.78 is 32.9. The first-order chi connectivity index (χ1) is 17.8. The highest BCUT2D eigenvalue weighted by atomic mass is 127. The van der Waals surface area contributed by atoms with E-state index in [1.165, 1.54) is 28.0 Å². The van der Waals surface area contributed by atoms with Gasteiger partial charge in [0, 0.05) is 0 Å². The molecule has 0 radical (unpaired) electrons. The van der Waals surface area contributed by atoms with E-state index < -0.39 is 17.8 Å². The molecule has 4 rings (SSSR count). The maximum Gasteiger partial charge on any atom is 0.338 e. The Kier molecular flexibility index (Phi) is 8.28. The lowest BCUT2D eigenvalue weighted by molar-refractivity contribution is -0.139. The Balaban J connectivity index is 1.90. The minimum atomic E-state index is -0.803. The van der Waals surface area contributed by atoms with E-state index in [1.54, 1.807) is 51.3 Å². The summed E-state index contributed by atoms with van der Waals surface area (Å²) in [4.78, 5) is 31.6. The van der Waals surface area contributed by atoms with Gasteiger partial charge < -0.3 is 14.2 Å². The van der Waals surface area contributed by atoms with Gasteiger partial charge in [-0.2, -0.15) is 0 Å². The van der Waals surface area contributed by atoms with Crippen LogP contribution in [0.1, 0.15) is 31.0 Å². The van der Waals surface area contributed by atoms with Crippen LogP contribution in [-0.4, -0.2) is 30.9 Å². The van der Waals surface area contributed by atoms with Crippen molar-refractivity contribution in [2.24, 2.45) is 4.99 Å². The standard InChI is InChI=1S/C27H24FIN2O5S/c1-5-11-36-24-19(29)12-16(13-20(24)34-4)14-21-25(32)31-23(17-7-9-18(28)10-8-17)22(26(33)35-6-2)15(3)30-27(31)37-21/h5,7-10,12-14,23H,1,6,11H2,2-4H3/b21-14-/t23-/m1/s1. The van der Waals surface area contributed by atoms with E-state index in [2.05, 4.69) is 34.2 Å². The molecule has 0 saturated heterocycles. The number of carbonyl (C=O) groups is 1. The van der Waals surface area contributed by atoms with Gasteiger partial charge in [-0.15, -0.1) is 0 Å². The molecule has 0 bridgehead atoms. The maximum atomic E-state index is 13.7. The molecule has 37 heavy (non-hydrogen) atoms. The van der Waals surface area contributed by atoms with Crippen LogP contribution in [0.3, 0.4) is 0 Å². The molecule has 0 amide bonds. The molecular weight excluding hydrogens is 610 g/mol. The number of allylic oxidation sites excluding steroid dienone is 1. The molecule has 2 aromatic carbocycles. The number of hydrogen-bond acceptors (Lipinski definition) is 7. The Bertz CT molecular complexity index is 1570. The molecule has 1 aromatic heterocycles. The Morgan fingerprint density at radius 1 is 1.30 bits per heavy atom. The van der Waals surface area contributed by atoms with E-state index in [0.29, 0.717) is 38.7 Å². The first-order valence-corrected chi connectivity index (χ1v) is 13.2. The Morgan fingerprint density at radius 2 is 2.03 bits per heavy atom. The molecule has 1 atom stereocenters. The quantitative estimate of drug-likeness (QED) is 0.212. The topological polar surface area (TPSA) is 79.1 Å². The van der Waals surface area contributed by atoms with Crippen molar-refractivity contribution < 1.29 is 23.4 Å². The molecule has 2 heterocycles. The van der Waals surface area contributed by atoms with Crippen LogP contribution >= 0.6 is 33.9 Å². The summed E-state index contributed by atoms with van der Waals surface area (Å²) in [5.41, 5.74) is 1.67. The van der Waals surface area contributed by atoms with Gasteiger partial charge in [-0.3, -0.25) is 9.36 Å². The fourth-order valence-corrected chi connectivity index (χ4v) is 5.84. The summed E-state index contributed by atoms with van der Waals surface area (Å²) in [6.07, 6.45) is 3.39. The van der Waals surface area contributed by atoms with Crippen molar-refractivity contribution in [1.29, 1.82) is 0 Å². The number of nitrogens with zero attached hydrogens (tertiary/aromatic N) is 2. The van der Waals surface area contributed by atoms with Crippen LogP contribution < -0.4 is 24.4 Å². The number of benzene rings is 2. The summed E-state index contributed by atoms with van der Waals surface area (Å²) in [5, 5.41) is 0. The smallest absolute Gasteiger partial charge is 0.338 e. The molecule has 3 aromatic rings. The second-order valence-electron chi connectivity index (χ2n) is 7.99. The van der Waals surface area contributed by atoms with Crippen molar-refractivity contribution in [2.75, 3.05) is 20.3 Å². The summed E-state index contributed by atoms with van der Waals surface area (Å²) in [5.74, 6) is 0.130. The van der Waals surface area contributed by atoms with Crippen LogP contribution in [0.25, 0.3) is 6.08 Å². The second-order valence-corrected chi connectivity index (χ2v) is 10.2. The van der Waals surface area contributed by atoms with E-state index in [0.717, 1.165) is 9.13 Å². The molecule has 0 spiro atoms. The molecule has 0 saturated carbocycles. The maximum absolute atomic E-state index is 13.7. The van der Waals surface area contributed by atoms with Crippen LogP contribution in [-0.2, 0) is 9.53 Å². The first-order valence-electron chi connectivity index (χ1n) is 11.3. The average molecular weight is 634 g/mol. The van der Waals surface area contributed by atoms with E-state index >= 15 is 0 Å². The summed E-state index contributed by atoms with van der Waals surface area (Å²) >= 11 is 3.36. The van der Waals surface area contributed by atoms with Gasteiger partial charge in [0.05, 0.1) is 39.1 Å². The number of ether oxygens (including phenoxy) is 3. The van der Waals surface area contributed by atoms with E-state index in [-0.39, 0.29) is 17.7 Å². The molecule has 7 nitrogen and oxygen atoms in total. The Hall–Kier alpha value is -3.25. The fourth-order valence-electron chi connectivity index (χ4n) is 4.01. The number of esters is 1. The van der Waals surface area contributed by atoms with Crippen LogP contribution in [0.2, 0.25) is 0 Å². The van der Waals surface area contributed by atoms with Gasteiger partial charge in [-0.25, -0.2) is 14.2 Å². The summed E-state index contributed by atoms with van der Waals surface area (Å²) in [6, 6.07) is 8.58. The van der Waals surface area contributed by atoms with Crippen molar-refractivity contribution in [3.8, 4) is 11.5 Å². The third-order valence-corrected chi connectivity index (χ3v) is 7.38. The fraction of sp³-hybridized carbons (Fsp3) is 0.222. The van der Waals surface area contributed by atoms with Gasteiger partial charge in [0.25, 0.3) is 5.56 Å². The molecule has 1 aliphatic heterocycles. The highest BCUT2D eigenvalue weighted by Crippen LogP contribution is 2.34. The van der Waals surface area contributed by atoms with Crippen LogP contribution in [0, 0.1) is 9.39 Å². The van der Waals surface area contributed by atoms with Crippen LogP contribution in [0.4, 0.5) is 4.39 Å². The Morgan fingerprint density at radius 3 is 2.68 bits per heavy atom. The van der Waals surface area contributed by atoms with Crippen LogP contribution in [0.15, 0.2) is 70.1 Å². The SMILES string of the molecule is C=CCOc1c(I)cc(/C=c2\sc3n(c2=O)[C@H](c2ccc(F)cc2)C(C(=O)OCC)=C(C)N=3)cc1OC. The lowest BCUT2D eigenvalue weighted by Crippen LogP contribution is -2.39. The van der Waals surface area contributed by atoms with Gasteiger partial charge in [-0.05, 0) is 77.9 Å². The van der Waals surface area contributed by atoms with E-state index in [1.807, 2.05) is 6.07 Å². The van der Waals surface area contributed by atoms with Crippen molar-refractivity contribution in [1.82, 2.24) is 4.57 Å². The monoisotopic (exact) mass is 634 g/mol. The van der Waals surface area contributed by atoms with E-state index in [9.17, 15) is 14.0 Å². The number of halogens is 2. The largest absolute Gasteiger partial charge is 0.493 e. The predicted molar refractivity (Wildman–Crippen MR) is 148 cm³/mol. The Labute approximate surface area is 230 Å². The number of methoxy groups -OCH3 is 1. The number of rotatable bonds is 8. The van der Waals surface area contributed by atoms with Crippen molar-refractivity contribution in [3.63, 3.8) is 0 Å². The normalized spacial score (nSPS) is 15.2. The zero-order valence-electron chi connectivity index (χ0n) is 20.4. The summed E-state index contributed by atoms with van der Waals surface area (Å²) in [7, 11) is 1.55. The van der Waals surface area contributed by atoms with Crippen molar-refractivity contribution in [3.05, 3.63) is 101 Å². The minimum absolute atomic E-state index is 0.170. The van der Waals surface area contributed by atoms with Crippen molar-refractivity contribution in [2.45, 2.75) is 19.9 Å². The molecule has 0 fully saturated rings. The summed E-state index contributed by atoms with van der Waals surface area (Å²) in [6.45, 7) is 7.58. The number of carbonyl (C=O) groups excluding carboxylic acids is 1. The molecular formula is C27H24FIN2O5S. The average Bonchev–Trinajstić information content (AvgIpc) is 3.17. The second kappa shape index (κ2) is 11.4. The zero-order chi connectivity index (χ0) is 26.7. The number of aromatic nitrogens is 1. The number of thiazole rings is 1. The molecule has 0 N–H and O–H groups in total. The van der Waals surface area contributed by atoms with Gasteiger partial charge >= 0.3 is 5.97 Å². The van der Waals surface area contributed by atoms with Gasteiger partial charge in [0.15, 0.2) is 16.3 Å². The van der Waals surface area contributed by atoms with Crippen molar-refractivity contribution >= 4 is 46.0 Å². The molecule has 1 aliphatic rings. The van der Waals surface area contributed by atoms with Gasteiger partial charge in [0.1, 0.15) is 12.4 Å². The predicted octanol–water partition coefficient (Wildman–Crippen LogP) is 4.12. The van der Waals surface area contributed by atoms with E-state index in [4.69, 9.17) is 14.2 Å². The molecule has 0 unspecified atom stereocenters. The van der Waals surface area contributed by atoms with Gasteiger partial charge in [0.2, 0.25) is 0 Å². The van der Waals surface area contributed by atoms with Gasteiger partial charge in [-0.1, -0.05) is 36.1 Å². The highest BCUT2D eigenvalue weighted by Gasteiger charge is 2.33. The highest BCUT2D eigenvalue weighted by molar-refractivity contribution is 14.1. The third-order valence-electron chi connectivity index (χ3n) is 5.60. The molecule has 192 valence electrons. The lowest BCUT2D eigenvalue weighted by Gasteiger charge is -2.24. The van der Waals surface area contributed by atoms with Crippen LogP contribution in [0.5, 0.6) is 11.5 Å². The number of fused-ring (bicyclic) bond motifs is 1. The molecule has 0 aliphatic carbocycles. The molecule has 10 heteroatoms.